The van der Waals surface area contributed by atoms with Gasteiger partial charge in [0.25, 0.3) is 0 Å². The van der Waals surface area contributed by atoms with Crippen molar-refractivity contribution in [2.75, 3.05) is 12.4 Å². The van der Waals surface area contributed by atoms with Crippen LogP contribution in [0.25, 0.3) is 0 Å². The van der Waals surface area contributed by atoms with Crippen LogP contribution < -0.4 is 9.67 Å². The molecule has 122 valence electrons. The Bertz CT molecular complexity index is 606. The molecule has 0 unspecified atom stereocenters. The number of phenolic OH excluding ortho intramolecular Hbond substituents is 1. The van der Waals surface area contributed by atoms with E-state index in [4.69, 9.17) is 8.19 Å². The fourth-order valence-corrected chi connectivity index (χ4v) is 2.39. The van der Waals surface area contributed by atoms with E-state index in [2.05, 4.69) is 10.1 Å². The van der Waals surface area contributed by atoms with Gasteiger partial charge in [-0.05, 0) is 6.92 Å². The summed E-state index contributed by atoms with van der Waals surface area (Å²) in [7, 11) is 1.35. The number of phenols is 1. The molecule has 0 bridgehead atoms. The zero-order valence-corrected chi connectivity index (χ0v) is 14.2. The van der Waals surface area contributed by atoms with Gasteiger partial charge in [-0.2, -0.15) is 0 Å². The third-order valence-corrected chi connectivity index (χ3v) is 4.13. The average molecular weight is 375 g/mol. The van der Waals surface area contributed by atoms with Crippen molar-refractivity contribution in [3.8, 4) is 5.75 Å². The molecule has 0 heterocycles. The van der Waals surface area contributed by atoms with Gasteiger partial charge < -0.3 is 4.74 Å². The minimum absolute atomic E-state index is 0.00951. The second-order valence-electron chi connectivity index (χ2n) is 3.95. The molecule has 9 heteroatoms. The molecule has 0 saturated heterocycles. The van der Waals surface area contributed by atoms with Gasteiger partial charge in [-0.1, -0.05) is 6.08 Å². The first kappa shape index (κ1) is 20.0. The quantitative estimate of drug-likeness (QED) is 0.246. The number of amides is 1. The summed E-state index contributed by atoms with van der Waals surface area (Å²) >= 11 is -4.98. The first-order valence-electron chi connectivity index (χ1n) is 5.99. The average Bonchev–Trinajstić information content (AvgIpc) is 2.40. The van der Waals surface area contributed by atoms with Gasteiger partial charge in [0.1, 0.15) is 0 Å². The number of carbonyl (C=O) groups is 2. The van der Waals surface area contributed by atoms with Gasteiger partial charge in [0, 0.05) is 6.08 Å². The van der Waals surface area contributed by atoms with Crippen molar-refractivity contribution in [3.63, 3.8) is 0 Å². The second-order valence-corrected chi connectivity index (χ2v) is 7.32. The molecule has 1 aromatic carbocycles. The summed E-state index contributed by atoms with van der Waals surface area (Å²) in [6.45, 7) is 2.99. The molecule has 0 radical (unpaired) electrons. The number of hydrogen-bond donors (Lipinski definition) is 4. The Morgan fingerprint density at radius 2 is 1.91 bits per heavy atom. The van der Waals surface area contributed by atoms with Gasteiger partial charge in [-0.15, -0.1) is 0 Å². The summed E-state index contributed by atoms with van der Waals surface area (Å²) in [5.74, 6) is -0.971. The normalized spacial score (nSPS) is 10.6. The number of methoxy groups -OCH3 is 1. The molecule has 8 nitrogen and oxygen atoms in total. The summed E-state index contributed by atoms with van der Waals surface area (Å²) in [6.07, 6.45) is 2.99. The SMILES string of the molecule is C/C=C/C(=O)OC.CC(=O)Nc1cc([As](=O)(O)O)ccc1O. The van der Waals surface area contributed by atoms with Crippen molar-refractivity contribution in [1.29, 1.82) is 0 Å². The number of carbonyl (C=O) groups excluding carboxylic acids is 2. The first-order valence-corrected chi connectivity index (χ1v) is 9.37. The molecule has 0 spiro atoms. The Kier molecular flexibility index (Phi) is 8.25. The number of nitrogens with one attached hydrogen (secondary N) is 1. The molecule has 0 fully saturated rings. The van der Waals surface area contributed by atoms with E-state index >= 15 is 0 Å². The molecule has 0 aliphatic rings. The molecular formula is C13H18AsNO7. The monoisotopic (exact) mass is 375 g/mol. The van der Waals surface area contributed by atoms with Crippen molar-refractivity contribution >= 4 is 36.1 Å². The first-order chi connectivity index (χ1) is 10.1. The van der Waals surface area contributed by atoms with Gasteiger partial charge in [0.15, 0.2) is 0 Å². The van der Waals surface area contributed by atoms with Crippen LogP contribution >= 0.6 is 0 Å². The molecule has 4 N–H and O–H groups in total. The zero-order valence-electron chi connectivity index (χ0n) is 12.3. The van der Waals surface area contributed by atoms with Crippen LogP contribution in [0, 0.1) is 0 Å². The fourth-order valence-electron chi connectivity index (χ4n) is 1.20. The van der Waals surface area contributed by atoms with Crippen LogP contribution in [-0.4, -0.2) is 46.5 Å². The molecule has 0 saturated carbocycles. The van der Waals surface area contributed by atoms with E-state index in [0.717, 1.165) is 18.2 Å². The standard InChI is InChI=1S/C8H10AsNO5.C5H8O2/c1-5(11)10-7-4-6(9(13,14)15)2-3-8(7)12;1-3-4-5(6)7-2/h2-4,12H,1H3,(H,10,11)(H2,13,14,15);3-4H,1-2H3/b;4-3+. The van der Waals surface area contributed by atoms with Crippen molar-refractivity contribution in [1.82, 2.24) is 0 Å². The molecule has 0 atom stereocenters. The molecule has 1 amide bonds. The van der Waals surface area contributed by atoms with E-state index in [1.165, 1.54) is 20.1 Å². The number of anilines is 1. The molecule has 0 aliphatic heterocycles. The minimum atomic E-state index is -4.98. The number of benzene rings is 1. The Balaban J connectivity index is 0.000000534. The number of ether oxygens (including phenoxy) is 1. The van der Waals surface area contributed by atoms with Crippen LogP contribution in [0.5, 0.6) is 5.75 Å². The van der Waals surface area contributed by atoms with E-state index in [-0.39, 0.29) is 21.8 Å². The van der Waals surface area contributed by atoms with Gasteiger partial charge in [-0.25, -0.2) is 4.79 Å². The summed E-state index contributed by atoms with van der Waals surface area (Å²) in [5, 5.41) is 11.6. The number of hydrogen-bond acceptors (Lipinski definition) is 5. The fraction of sp³-hybridized carbons (Fsp3) is 0.231. The molecule has 1 aromatic rings. The number of allylic oxidation sites excluding steroid dienone is 1. The third kappa shape index (κ3) is 7.68. The van der Waals surface area contributed by atoms with Crippen LogP contribution in [-0.2, 0) is 18.1 Å². The molecule has 22 heavy (non-hydrogen) atoms. The van der Waals surface area contributed by atoms with Crippen LogP contribution in [0.1, 0.15) is 13.8 Å². The van der Waals surface area contributed by atoms with E-state index in [1.807, 2.05) is 0 Å². The Morgan fingerprint density at radius 3 is 2.27 bits per heavy atom. The van der Waals surface area contributed by atoms with Gasteiger partial charge in [0.05, 0.1) is 7.11 Å². The van der Waals surface area contributed by atoms with Gasteiger partial charge in [-0.3, -0.25) is 0 Å². The third-order valence-electron chi connectivity index (χ3n) is 2.13. The Hall–Kier alpha value is -2.02. The molecule has 0 aromatic heterocycles. The van der Waals surface area contributed by atoms with Crippen LogP contribution in [0.4, 0.5) is 5.69 Å². The number of rotatable bonds is 3. The van der Waals surface area contributed by atoms with Crippen molar-refractivity contribution in [3.05, 3.63) is 30.4 Å². The number of aromatic hydroxyl groups is 1. The summed E-state index contributed by atoms with van der Waals surface area (Å²) in [4.78, 5) is 20.8. The van der Waals surface area contributed by atoms with Crippen molar-refractivity contribution in [2.24, 2.45) is 0 Å². The van der Waals surface area contributed by atoms with Crippen LogP contribution in [0.3, 0.4) is 0 Å². The van der Waals surface area contributed by atoms with Crippen LogP contribution in [0.2, 0.25) is 0 Å². The number of esters is 1. The molecule has 0 aliphatic carbocycles. The van der Waals surface area contributed by atoms with E-state index in [9.17, 15) is 18.4 Å². The summed E-state index contributed by atoms with van der Waals surface area (Å²) < 4.78 is 32.8. The van der Waals surface area contributed by atoms with Crippen LogP contribution in [0.15, 0.2) is 30.4 Å². The summed E-state index contributed by atoms with van der Waals surface area (Å²) in [6, 6.07) is 3.32. The zero-order chi connectivity index (χ0) is 17.3. The van der Waals surface area contributed by atoms with Gasteiger partial charge >= 0.3 is 94.1 Å². The Morgan fingerprint density at radius 1 is 1.32 bits per heavy atom. The van der Waals surface area contributed by atoms with E-state index in [1.54, 1.807) is 13.0 Å². The predicted octanol–water partition coefficient (Wildman–Crippen LogP) is -0.353. The van der Waals surface area contributed by atoms with Gasteiger partial charge in [0.2, 0.25) is 0 Å². The van der Waals surface area contributed by atoms with E-state index < -0.39 is 20.1 Å². The van der Waals surface area contributed by atoms with Crippen molar-refractivity contribution < 1.29 is 31.4 Å². The second kappa shape index (κ2) is 9.09. The topological polar surface area (TPSA) is 133 Å². The maximum atomic E-state index is 10.9. The molecular weight excluding hydrogens is 357 g/mol. The predicted molar refractivity (Wildman–Crippen MR) is 79.8 cm³/mol. The summed E-state index contributed by atoms with van der Waals surface area (Å²) in [5.41, 5.74) is -0.00951. The van der Waals surface area contributed by atoms with E-state index in [0.29, 0.717) is 0 Å². The van der Waals surface area contributed by atoms with Crippen molar-refractivity contribution in [2.45, 2.75) is 13.8 Å². The molecule has 1 rings (SSSR count). The maximum absolute atomic E-state index is 10.9. The Labute approximate surface area is 130 Å².